The molecule has 0 spiro atoms. The number of nitrogens with two attached hydrogens (primary N) is 2. The van der Waals surface area contributed by atoms with E-state index < -0.39 is 26.5 Å². The number of carboxylic acid groups (broad SMARTS) is 1. The molecule has 0 saturated carbocycles. The van der Waals surface area contributed by atoms with Gasteiger partial charge in [0, 0.05) is 0 Å². The molecule has 0 aliphatic heterocycles. The van der Waals surface area contributed by atoms with Crippen LogP contribution in [0, 0.1) is 0 Å². The third-order valence-corrected chi connectivity index (χ3v) is 18.7. The number of aliphatic carboxylic acids is 1. The van der Waals surface area contributed by atoms with Crippen molar-refractivity contribution in [2.45, 2.75) is 14.8 Å². The summed E-state index contributed by atoms with van der Waals surface area (Å²) < 4.78 is 7.68. The number of hydrogen-bond donors (Lipinski definition) is 3. The molecule has 0 bridgehead atoms. The molecule has 0 radical (unpaired) electrons. The van der Waals surface area contributed by atoms with Gasteiger partial charge in [0.15, 0.2) is 0 Å². The van der Waals surface area contributed by atoms with E-state index in [9.17, 15) is 4.79 Å². The molecule has 4 nitrogen and oxygen atoms in total. The molecule has 0 rings (SSSR count). The summed E-state index contributed by atoms with van der Waals surface area (Å²) in [6.07, 6.45) is 1.84. The number of hydrogen-bond acceptors (Lipinski definition) is 3. The van der Waals surface area contributed by atoms with Crippen LogP contribution in [0.2, 0.25) is 7.86 Å². The Hall–Kier alpha value is 0.355. The smallest absolute Gasteiger partial charge is 0.317 e. The minimum atomic E-state index is -2.71. The molecule has 13 heavy (non-hydrogen) atoms. The van der Waals surface area contributed by atoms with Gasteiger partial charge < -0.3 is 10.8 Å². The van der Waals surface area contributed by atoms with E-state index in [4.69, 9.17) is 16.9 Å². The molecule has 1 atom stereocenters. The summed E-state index contributed by atoms with van der Waals surface area (Å²) in [5, 5.41) is 7.60. The van der Waals surface area contributed by atoms with Gasteiger partial charge in [0.05, 0.1) is 6.54 Å². The summed E-state index contributed by atoms with van der Waals surface area (Å²) in [5.74, 6) is -0.968. The summed E-state index contributed by atoms with van der Waals surface area (Å²) in [4.78, 5) is 9.24. The molecule has 6 heteroatoms. The first kappa shape index (κ1) is 15.8. The van der Waals surface area contributed by atoms with Crippen molar-refractivity contribution in [3.63, 3.8) is 0 Å². The maximum Gasteiger partial charge on any atom is 0.317 e. The van der Waals surface area contributed by atoms with Crippen LogP contribution in [0.4, 0.5) is 0 Å². The Kier molecular flexibility index (Phi) is 10.9. The fraction of sp³-hybridized carbons (Fsp3) is 0.571. The van der Waals surface area contributed by atoms with Gasteiger partial charge in [-0.2, -0.15) is 0 Å². The van der Waals surface area contributed by atoms with Crippen molar-refractivity contribution in [1.29, 1.82) is 0 Å². The molecule has 0 saturated heterocycles. The molecule has 5 N–H and O–H groups in total. The van der Waals surface area contributed by atoms with Crippen molar-refractivity contribution < 1.29 is 30.4 Å². The minimum Gasteiger partial charge on any atom is -0.480 e. The third-order valence-electron chi connectivity index (χ3n) is 1.69. The predicted molar refractivity (Wildman–Crippen MR) is 52.2 cm³/mol. The molecule has 0 aromatic carbocycles. The zero-order valence-electron chi connectivity index (χ0n) is 8.00. The summed E-state index contributed by atoms with van der Waals surface area (Å²) in [6, 6.07) is 0. The Morgan fingerprint density at radius 2 is 2.15 bits per heavy atom. The van der Waals surface area contributed by atoms with E-state index in [0.29, 0.717) is 0 Å². The van der Waals surface area contributed by atoms with Gasteiger partial charge in [-0.05, 0) is 0 Å². The zero-order chi connectivity index (χ0) is 10.9. The van der Waals surface area contributed by atoms with Gasteiger partial charge in [0.1, 0.15) is 0 Å². The average molecular weight is 397 g/mol. The average Bonchev–Trinajstić information content (AvgIpc) is 2.05. The van der Waals surface area contributed by atoms with Crippen LogP contribution in [0.25, 0.3) is 0 Å². The third kappa shape index (κ3) is 15.1. The molecule has 0 aromatic heterocycles. The van der Waals surface area contributed by atoms with Crippen molar-refractivity contribution in [3.05, 3.63) is 12.7 Å². The zero-order valence-corrected chi connectivity index (χ0v) is 14.3. The number of halogens is 1. The van der Waals surface area contributed by atoms with Crippen molar-refractivity contribution in [1.82, 2.24) is 0 Å². The van der Waals surface area contributed by atoms with E-state index in [1.165, 1.54) is 0 Å². The SMILES string of the molecule is C=C[CH2][Hg]([NH2])([Cl])[CH2]C.NCC(=O)O. The molecule has 0 amide bonds. The van der Waals surface area contributed by atoms with Crippen molar-refractivity contribution in [2.75, 3.05) is 6.54 Å². The van der Waals surface area contributed by atoms with Crippen LogP contribution in [-0.2, 0) is 25.3 Å². The van der Waals surface area contributed by atoms with E-state index in [1.54, 1.807) is 0 Å². The summed E-state index contributed by atoms with van der Waals surface area (Å²) in [6.45, 7) is 5.37. The van der Waals surface area contributed by atoms with E-state index in [0.717, 1.165) is 7.86 Å². The second kappa shape index (κ2) is 8.93. The largest absolute Gasteiger partial charge is 0.480 e. The van der Waals surface area contributed by atoms with Crippen LogP contribution in [0.5, 0.6) is 0 Å². The van der Waals surface area contributed by atoms with Gasteiger partial charge in [0.2, 0.25) is 0 Å². The quantitative estimate of drug-likeness (QED) is 0.492. The van der Waals surface area contributed by atoms with Crippen molar-refractivity contribution >= 4 is 14.2 Å². The first-order chi connectivity index (χ1) is 5.89. The maximum absolute atomic E-state index is 9.24. The van der Waals surface area contributed by atoms with Gasteiger partial charge in [-0.3, -0.25) is 4.79 Å². The molecule has 1 unspecified atom stereocenters. The van der Waals surface area contributed by atoms with Gasteiger partial charge in [-0.1, -0.05) is 0 Å². The summed E-state index contributed by atoms with van der Waals surface area (Å²) in [7, 11) is 5.96. The first-order valence-electron chi connectivity index (χ1n) is 4.39. The van der Waals surface area contributed by atoms with Crippen molar-refractivity contribution in [3.8, 4) is 0 Å². The first-order valence-corrected chi connectivity index (χ1v) is 22.1. The van der Waals surface area contributed by atoms with Crippen LogP contribution in [0.15, 0.2) is 12.7 Å². The molecular weight excluding hydrogens is 380 g/mol. The monoisotopic (exact) mass is 398 g/mol. The number of carboxylic acids is 1. The normalized spacial score (nSPS) is 11.1. The Bertz CT molecular complexity index is 165. The second-order valence-corrected chi connectivity index (χ2v) is 30.0. The van der Waals surface area contributed by atoms with Gasteiger partial charge in [0.25, 0.3) is 0 Å². The molecular formula is C7H17ClHgN2O2. The Labute approximate surface area is 87.5 Å². The van der Waals surface area contributed by atoms with Crippen LogP contribution < -0.4 is 9.23 Å². The predicted octanol–water partition coefficient (Wildman–Crippen LogP) is 1.24. The minimum absolute atomic E-state index is 0.278. The van der Waals surface area contributed by atoms with Crippen LogP contribution >= 0.6 is 8.25 Å². The number of allylic oxidation sites excluding steroid dienone is 1. The van der Waals surface area contributed by atoms with E-state index in [2.05, 4.69) is 19.2 Å². The maximum atomic E-state index is 9.24. The number of carbonyl (C=O) groups is 1. The molecule has 0 aromatic rings. The number of rotatable bonds is 4. The topological polar surface area (TPSA) is 89.3 Å². The summed E-state index contributed by atoms with van der Waals surface area (Å²) in [5.41, 5.74) is 4.57. The Balaban J connectivity index is 0. The molecule has 0 fully saturated rings. The van der Waals surface area contributed by atoms with Gasteiger partial charge >= 0.3 is 65.7 Å². The van der Waals surface area contributed by atoms with Gasteiger partial charge in [-0.25, -0.2) is 0 Å². The van der Waals surface area contributed by atoms with Gasteiger partial charge in [-0.15, -0.1) is 0 Å². The van der Waals surface area contributed by atoms with Crippen LogP contribution in [0.3, 0.4) is 0 Å². The standard InChI is InChI=1S/C3H5.C2H5NO2.C2H5.ClH.Hg.H2N/c1-3-2;3-1-2(4)5;1-2;;;/h3H,1-2H2;1,3H2,(H,4,5);1H2,2H3;1H;;1H2/q;;;;+2;-1/p-1. The fourth-order valence-electron chi connectivity index (χ4n) is 0.543. The Morgan fingerprint density at radius 1 is 1.77 bits per heavy atom. The fourth-order valence-corrected chi connectivity index (χ4v) is 6.12. The van der Waals surface area contributed by atoms with E-state index in [-0.39, 0.29) is 6.54 Å². The second-order valence-electron chi connectivity index (χ2n) is 3.14. The Morgan fingerprint density at radius 3 is 2.23 bits per heavy atom. The molecule has 0 heterocycles. The summed E-state index contributed by atoms with van der Waals surface area (Å²) >= 11 is -2.71. The van der Waals surface area contributed by atoms with E-state index in [1.807, 2.05) is 6.08 Å². The molecule has 0 aliphatic rings. The van der Waals surface area contributed by atoms with Crippen LogP contribution in [-0.4, -0.2) is 17.6 Å². The van der Waals surface area contributed by atoms with E-state index >= 15 is 0 Å². The van der Waals surface area contributed by atoms with Crippen molar-refractivity contribution in [2.24, 2.45) is 9.23 Å². The molecule has 76 valence electrons. The molecule has 0 aliphatic carbocycles. The van der Waals surface area contributed by atoms with Crippen LogP contribution in [0.1, 0.15) is 6.92 Å².